The number of H-pyrrole nitrogens is 1. The van der Waals surface area contributed by atoms with Crippen LogP contribution in [-0.2, 0) is 11.3 Å². The van der Waals surface area contributed by atoms with Crippen molar-refractivity contribution in [1.82, 2.24) is 20.3 Å². The fourth-order valence-corrected chi connectivity index (χ4v) is 3.08. The molecule has 1 atom stereocenters. The largest absolute Gasteiger partial charge is 0.477 e. The Balaban J connectivity index is 1.41. The first-order valence-electron chi connectivity index (χ1n) is 9.22. The number of fused-ring (bicyclic) bond motifs is 1. The minimum absolute atomic E-state index is 0.120. The van der Waals surface area contributed by atoms with E-state index in [0.29, 0.717) is 25.0 Å². The first-order valence-corrected chi connectivity index (χ1v) is 9.22. The molecule has 0 radical (unpaired) electrons. The number of carbonyl (C=O) groups excluding carboxylic acids is 1. The Morgan fingerprint density at radius 3 is 3.10 bits per heavy atom. The van der Waals surface area contributed by atoms with Gasteiger partial charge in [-0.2, -0.15) is 0 Å². The molecule has 29 heavy (non-hydrogen) atoms. The second-order valence-corrected chi connectivity index (χ2v) is 6.77. The molecule has 9 heteroatoms. The lowest BCUT2D eigenvalue weighted by molar-refractivity contribution is 0.0940. The van der Waals surface area contributed by atoms with Crippen LogP contribution >= 0.6 is 0 Å². The standard InChI is InChI=1S/C20H19FN4O4/c21-14-2-1-3-15-17(14)19(26)25-18(24-15)20(27)23-9-12-4-6-22-16(8-12)29-11-13-5-7-28-10-13/h1-4,6,8,13H,5,7,9-11H2,(H,23,27)(H,24,25,26). The number of rotatable bonds is 6. The number of carbonyl (C=O) groups is 1. The number of pyridine rings is 1. The lowest BCUT2D eigenvalue weighted by Crippen LogP contribution is -2.27. The lowest BCUT2D eigenvalue weighted by Gasteiger charge is -2.11. The monoisotopic (exact) mass is 398 g/mol. The van der Waals surface area contributed by atoms with Crippen LogP contribution in [0.2, 0.25) is 0 Å². The maximum atomic E-state index is 13.8. The van der Waals surface area contributed by atoms with Crippen molar-refractivity contribution in [3.8, 4) is 5.88 Å². The van der Waals surface area contributed by atoms with Crippen molar-refractivity contribution >= 4 is 16.8 Å². The first-order chi connectivity index (χ1) is 14.1. The van der Waals surface area contributed by atoms with Crippen LogP contribution in [0.25, 0.3) is 10.9 Å². The average Bonchev–Trinajstić information content (AvgIpc) is 3.24. The van der Waals surface area contributed by atoms with Gasteiger partial charge in [-0.1, -0.05) is 6.07 Å². The van der Waals surface area contributed by atoms with E-state index in [9.17, 15) is 14.0 Å². The molecule has 1 unspecified atom stereocenters. The van der Waals surface area contributed by atoms with Crippen LogP contribution in [0.5, 0.6) is 5.88 Å². The van der Waals surface area contributed by atoms with Gasteiger partial charge in [-0.3, -0.25) is 9.59 Å². The van der Waals surface area contributed by atoms with Crippen LogP contribution < -0.4 is 15.6 Å². The van der Waals surface area contributed by atoms with E-state index < -0.39 is 17.3 Å². The molecule has 2 aromatic heterocycles. The predicted molar refractivity (Wildman–Crippen MR) is 102 cm³/mol. The fraction of sp³-hybridized carbons (Fsp3) is 0.300. The van der Waals surface area contributed by atoms with Gasteiger partial charge >= 0.3 is 0 Å². The number of benzene rings is 1. The summed E-state index contributed by atoms with van der Waals surface area (Å²) in [7, 11) is 0. The third-order valence-electron chi connectivity index (χ3n) is 4.64. The summed E-state index contributed by atoms with van der Waals surface area (Å²) in [6.07, 6.45) is 2.57. The molecule has 8 nitrogen and oxygen atoms in total. The summed E-state index contributed by atoms with van der Waals surface area (Å²) in [6.45, 7) is 2.17. The van der Waals surface area contributed by atoms with Gasteiger partial charge in [0, 0.05) is 31.3 Å². The molecule has 1 fully saturated rings. The lowest BCUT2D eigenvalue weighted by atomic mass is 10.1. The zero-order valence-corrected chi connectivity index (χ0v) is 15.5. The summed E-state index contributed by atoms with van der Waals surface area (Å²) < 4.78 is 24.8. The number of amides is 1. The molecule has 1 saturated heterocycles. The van der Waals surface area contributed by atoms with Crippen LogP contribution in [-0.4, -0.2) is 40.7 Å². The van der Waals surface area contributed by atoms with Crippen molar-refractivity contribution in [3.63, 3.8) is 0 Å². The molecule has 1 aliphatic heterocycles. The predicted octanol–water partition coefficient (Wildman–Crippen LogP) is 1.80. The molecule has 0 bridgehead atoms. The third kappa shape index (κ3) is 4.40. The molecule has 0 spiro atoms. The smallest absolute Gasteiger partial charge is 0.287 e. The molecular formula is C20H19FN4O4. The summed E-state index contributed by atoms with van der Waals surface area (Å²) in [5.41, 5.74) is 0.198. The van der Waals surface area contributed by atoms with Gasteiger partial charge in [0.1, 0.15) is 11.2 Å². The van der Waals surface area contributed by atoms with Gasteiger partial charge in [-0.05, 0) is 30.2 Å². The number of ether oxygens (including phenoxy) is 2. The molecule has 0 saturated carbocycles. The van der Waals surface area contributed by atoms with Gasteiger partial charge in [0.25, 0.3) is 11.5 Å². The minimum atomic E-state index is -0.700. The van der Waals surface area contributed by atoms with Crippen LogP contribution in [0.3, 0.4) is 0 Å². The Morgan fingerprint density at radius 1 is 1.38 bits per heavy atom. The molecule has 0 aliphatic carbocycles. The zero-order chi connectivity index (χ0) is 20.2. The van der Waals surface area contributed by atoms with Crippen molar-refractivity contribution in [2.45, 2.75) is 13.0 Å². The first kappa shape index (κ1) is 19.0. The van der Waals surface area contributed by atoms with E-state index >= 15 is 0 Å². The van der Waals surface area contributed by atoms with Gasteiger partial charge < -0.3 is 19.8 Å². The summed E-state index contributed by atoms with van der Waals surface area (Å²) in [5.74, 6) is -0.607. The van der Waals surface area contributed by atoms with Crippen LogP contribution in [0.1, 0.15) is 22.6 Å². The van der Waals surface area contributed by atoms with Gasteiger partial charge in [-0.25, -0.2) is 14.4 Å². The fourth-order valence-electron chi connectivity index (χ4n) is 3.08. The molecule has 2 N–H and O–H groups in total. The molecule has 3 aromatic rings. The maximum Gasteiger partial charge on any atom is 0.287 e. The van der Waals surface area contributed by atoms with E-state index in [1.165, 1.54) is 18.2 Å². The zero-order valence-electron chi connectivity index (χ0n) is 15.5. The van der Waals surface area contributed by atoms with Crippen LogP contribution in [0.4, 0.5) is 4.39 Å². The molecule has 1 aromatic carbocycles. The normalized spacial score (nSPS) is 16.1. The van der Waals surface area contributed by atoms with E-state index in [1.54, 1.807) is 18.3 Å². The SMILES string of the molecule is O=C(NCc1ccnc(OCC2CCOC2)c1)c1nc2cccc(F)c2c(=O)[nH]1. The summed E-state index contributed by atoms with van der Waals surface area (Å²) >= 11 is 0. The maximum absolute atomic E-state index is 13.8. The highest BCUT2D eigenvalue weighted by atomic mass is 19.1. The Labute approximate surface area is 165 Å². The minimum Gasteiger partial charge on any atom is -0.477 e. The quantitative estimate of drug-likeness (QED) is 0.656. The van der Waals surface area contributed by atoms with Gasteiger partial charge in [-0.15, -0.1) is 0 Å². The van der Waals surface area contributed by atoms with E-state index in [-0.39, 0.29) is 23.3 Å². The highest BCUT2D eigenvalue weighted by Crippen LogP contribution is 2.16. The molecular weight excluding hydrogens is 379 g/mol. The summed E-state index contributed by atoms with van der Waals surface area (Å²) in [5, 5.41) is 2.50. The number of hydrogen-bond acceptors (Lipinski definition) is 6. The Hall–Kier alpha value is -3.33. The van der Waals surface area contributed by atoms with E-state index in [1.807, 2.05) is 0 Å². The van der Waals surface area contributed by atoms with Crippen molar-refractivity contribution < 1.29 is 18.7 Å². The van der Waals surface area contributed by atoms with E-state index in [4.69, 9.17) is 9.47 Å². The number of hydrogen-bond donors (Lipinski definition) is 2. The van der Waals surface area contributed by atoms with Crippen LogP contribution in [0.15, 0.2) is 41.3 Å². The summed E-state index contributed by atoms with van der Waals surface area (Å²) in [4.78, 5) is 35.0. The molecule has 1 aliphatic rings. The summed E-state index contributed by atoms with van der Waals surface area (Å²) in [6, 6.07) is 7.57. The van der Waals surface area contributed by atoms with Crippen molar-refractivity contribution in [2.24, 2.45) is 5.92 Å². The number of aromatic amines is 1. The number of nitrogens with zero attached hydrogens (tertiary/aromatic N) is 2. The highest BCUT2D eigenvalue weighted by molar-refractivity contribution is 5.92. The second-order valence-electron chi connectivity index (χ2n) is 6.77. The van der Waals surface area contributed by atoms with Gasteiger partial charge in [0.2, 0.25) is 5.88 Å². The molecule has 150 valence electrons. The van der Waals surface area contributed by atoms with Gasteiger partial charge in [0.15, 0.2) is 5.82 Å². The van der Waals surface area contributed by atoms with E-state index in [0.717, 1.165) is 18.6 Å². The van der Waals surface area contributed by atoms with Crippen molar-refractivity contribution in [1.29, 1.82) is 0 Å². The average molecular weight is 398 g/mol. The Kier molecular flexibility index (Phi) is 5.48. The second kappa shape index (κ2) is 8.36. The molecule has 1 amide bonds. The van der Waals surface area contributed by atoms with Crippen LogP contribution in [0, 0.1) is 11.7 Å². The highest BCUT2D eigenvalue weighted by Gasteiger charge is 2.17. The van der Waals surface area contributed by atoms with Crippen molar-refractivity contribution in [3.05, 3.63) is 64.1 Å². The molecule has 3 heterocycles. The Bertz CT molecular complexity index is 1100. The third-order valence-corrected chi connectivity index (χ3v) is 4.64. The number of halogens is 1. The van der Waals surface area contributed by atoms with Crippen molar-refractivity contribution in [2.75, 3.05) is 19.8 Å². The topological polar surface area (TPSA) is 106 Å². The number of nitrogens with one attached hydrogen (secondary N) is 2. The number of aromatic nitrogens is 3. The van der Waals surface area contributed by atoms with Gasteiger partial charge in [0.05, 0.1) is 18.7 Å². The molecule has 4 rings (SSSR count). The Morgan fingerprint density at radius 2 is 2.28 bits per heavy atom. The van der Waals surface area contributed by atoms with E-state index in [2.05, 4.69) is 20.3 Å².